The van der Waals surface area contributed by atoms with Crippen molar-refractivity contribution >= 4 is 22.7 Å². The Morgan fingerprint density at radius 2 is 2.19 bits per heavy atom. The molecule has 0 N–H and O–H groups in total. The fourth-order valence-corrected chi connectivity index (χ4v) is 1.30. The Hall–Kier alpha value is -1.63. The molecule has 1 rings (SSSR count). The minimum Gasteiger partial charge on any atom is -0.358 e. The molecule has 0 saturated carbocycles. The van der Waals surface area contributed by atoms with Crippen LogP contribution in [0.1, 0.15) is 28.0 Å². The fraction of sp³-hybridized carbons (Fsp3) is 0.250. The number of aromatic nitrogens is 1. The van der Waals surface area contributed by atoms with Gasteiger partial charge < -0.3 is 10.1 Å². The van der Waals surface area contributed by atoms with Crippen LogP contribution >= 0.6 is 11.6 Å². The van der Waals surface area contributed by atoms with Crippen molar-refractivity contribution in [3.8, 4) is 0 Å². The molecule has 0 atom stereocenters. The van der Waals surface area contributed by atoms with Crippen LogP contribution in [0.15, 0.2) is 6.07 Å². The van der Waals surface area contributed by atoms with E-state index in [-0.39, 0.29) is 11.1 Å². The molecular formula is C8H5ClF2N2O3. The second-order valence-corrected chi connectivity index (χ2v) is 3.22. The van der Waals surface area contributed by atoms with Gasteiger partial charge in [-0.25, -0.2) is 8.78 Å². The van der Waals surface area contributed by atoms with E-state index in [0.717, 1.165) is 6.07 Å². The summed E-state index contributed by atoms with van der Waals surface area (Å²) in [5, 5.41) is 9.48. The molecule has 0 aliphatic heterocycles. The van der Waals surface area contributed by atoms with Crippen molar-refractivity contribution in [3.63, 3.8) is 0 Å². The summed E-state index contributed by atoms with van der Waals surface area (Å²) in [5.41, 5.74) is -1.31. The quantitative estimate of drug-likeness (QED) is 0.469. The lowest BCUT2D eigenvalue weighted by atomic mass is 10.1. The fourth-order valence-electron chi connectivity index (χ4n) is 1.11. The predicted octanol–water partition coefficient (Wildman–Crippen LogP) is 2.61. The van der Waals surface area contributed by atoms with Gasteiger partial charge in [0.1, 0.15) is 0 Å². The molecule has 0 fully saturated rings. The Kier molecular flexibility index (Phi) is 3.48. The van der Waals surface area contributed by atoms with Crippen molar-refractivity contribution in [3.05, 3.63) is 33.0 Å². The highest BCUT2D eigenvalue weighted by molar-refractivity contribution is 6.68. The first-order valence-electron chi connectivity index (χ1n) is 3.98. The van der Waals surface area contributed by atoms with Crippen LogP contribution < -0.4 is 0 Å². The van der Waals surface area contributed by atoms with Crippen LogP contribution in [0.4, 0.5) is 14.6 Å². The van der Waals surface area contributed by atoms with Crippen LogP contribution in [0.2, 0.25) is 0 Å². The Bertz CT molecular complexity index is 430. The normalized spacial score (nSPS) is 10.6. The molecule has 5 nitrogen and oxygen atoms in total. The van der Waals surface area contributed by atoms with Gasteiger partial charge in [0.2, 0.25) is 5.69 Å². The van der Waals surface area contributed by atoms with Crippen molar-refractivity contribution in [1.29, 1.82) is 0 Å². The number of nitrogens with zero attached hydrogens (tertiary/aromatic N) is 2. The second-order valence-electron chi connectivity index (χ2n) is 2.87. The van der Waals surface area contributed by atoms with E-state index in [9.17, 15) is 23.7 Å². The summed E-state index contributed by atoms with van der Waals surface area (Å²) >= 11 is 5.13. The van der Waals surface area contributed by atoms with E-state index in [4.69, 9.17) is 11.6 Å². The van der Waals surface area contributed by atoms with Gasteiger partial charge >= 0.3 is 12.2 Å². The molecule has 1 heterocycles. The SMILES string of the molecule is Cc1c(C(=O)Cl)cc(C(F)F)nc1[N+](=O)[O-]. The number of carbonyl (C=O) groups is 1. The van der Waals surface area contributed by atoms with Crippen LogP contribution in [0.5, 0.6) is 0 Å². The summed E-state index contributed by atoms with van der Waals surface area (Å²) in [6.07, 6.45) is -3.01. The number of carbonyl (C=O) groups excluding carboxylic acids is 1. The zero-order chi connectivity index (χ0) is 12.5. The van der Waals surface area contributed by atoms with Crippen LogP contribution in [0.25, 0.3) is 0 Å². The molecule has 0 aliphatic carbocycles. The van der Waals surface area contributed by atoms with Crippen LogP contribution in [0, 0.1) is 17.0 Å². The molecule has 86 valence electrons. The summed E-state index contributed by atoms with van der Waals surface area (Å²) in [4.78, 5) is 23.6. The van der Waals surface area contributed by atoms with Gasteiger partial charge in [0.05, 0.1) is 5.56 Å². The summed E-state index contributed by atoms with van der Waals surface area (Å²) in [6.45, 7) is 1.22. The minimum atomic E-state index is -3.01. The molecule has 0 aromatic carbocycles. The lowest BCUT2D eigenvalue weighted by molar-refractivity contribution is -0.390. The van der Waals surface area contributed by atoms with Gasteiger partial charge in [0.25, 0.3) is 5.24 Å². The van der Waals surface area contributed by atoms with Crippen molar-refractivity contribution in [2.45, 2.75) is 13.3 Å². The van der Waals surface area contributed by atoms with E-state index in [1.165, 1.54) is 6.92 Å². The molecule has 1 aromatic rings. The first-order valence-corrected chi connectivity index (χ1v) is 4.36. The first-order chi connectivity index (χ1) is 7.34. The third-order valence-electron chi connectivity index (χ3n) is 1.87. The first kappa shape index (κ1) is 12.4. The number of hydrogen-bond acceptors (Lipinski definition) is 4. The Morgan fingerprint density at radius 1 is 1.62 bits per heavy atom. The summed E-state index contributed by atoms with van der Waals surface area (Å²) in [6, 6.07) is 0.752. The molecular weight excluding hydrogens is 246 g/mol. The highest BCUT2D eigenvalue weighted by Crippen LogP contribution is 2.26. The number of pyridine rings is 1. The number of halogens is 3. The zero-order valence-electron chi connectivity index (χ0n) is 7.91. The second kappa shape index (κ2) is 4.48. The van der Waals surface area contributed by atoms with Gasteiger partial charge in [0.15, 0.2) is 0 Å². The molecule has 0 unspecified atom stereocenters. The molecule has 0 aliphatic rings. The topological polar surface area (TPSA) is 73.1 Å². The number of nitro groups is 1. The predicted molar refractivity (Wildman–Crippen MR) is 50.8 cm³/mol. The molecule has 0 saturated heterocycles. The average Bonchev–Trinajstić information content (AvgIpc) is 2.16. The monoisotopic (exact) mass is 250 g/mol. The van der Waals surface area contributed by atoms with E-state index < -0.39 is 28.1 Å². The average molecular weight is 251 g/mol. The van der Waals surface area contributed by atoms with Gasteiger partial charge in [0, 0.05) is 11.6 Å². The van der Waals surface area contributed by atoms with Crippen LogP contribution in [-0.2, 0) is 0 Å². The maximum Gasteiger partial charge on any atom is 0.367 e. The highest BCUT2D eigenvalue weighted by Gasteiger charge is 2.26. The Balaban J connectivity index is 3.51. The van der Waals surface area contributed by atoms with Gasteiger partial charge in [-0.2, -0.15) is 0 Å². The van der Waals surface area contributed by atoms with Gasteiger partial charge in [-0.3, -0.25) is 4.79 Å². The maximum absolute atomic E-state index is 12.3. The van der Waals surface area contributed by atoms with E-state index in [1.807, 2.05) is 0 Å². The zero-order valence-corrected chi connectivity index (χ0v) is 8.66. The lowest BCUT2D eigenvalue weighted by Gasteiger charge is -2.03. The van der Waals surface area contributed by atoms with Gasteiger partial charge in [-0.05, 0) is 28.4 Å². The minimum absolute atomic E-state index is 0.130. The molecule has 0 radical (unpaired) electrons. The van der Waals surface area contributed by atoms with Gasteiger partial charge in [-0.1, -0.05) is 0 Å². The third kappa shape index (κ3) is 2.30. The third-order valence-corrected chi connectivity index (χ3v) is 2.08. The summed E-state index contributed by atoms with van der Waals surface area (Å²) < 4.78 is 24.7. The van der Waals surface area contributed by atoms with Crippen molar-refractivity contribution in [2.75, 3.05) is 0 Å². The van der Waals surface area contributed by atoms with E-state index in [0.29, 0.717) is 0 Å². The molecule has 16 heavy (non-hydrogen) atoms. The highest BCUT2D eigenvalue weighted by atomic mass is 35.5. The van der Waals surface area contributed by atoms with E-state index in [1.54, 1.807) is 0 Å². The van der Waals surface area contributed by atoms with Crippen molar-refractivity contribution in [1.82, 2.24) is 4.98 Å². The summed E-state index contributed by atoms with van der Waals surface area (Å²) in [7, 11) is 0. The number of rotatable bonds is 3. The lowest BCUT2D eigenvalue weighted by Crippen LogP contribution is -2.05. The van der Waals surface area contributed by atoms with Crippen LogP contribution in [-0.4, -0.2) is 15.1 Å². The van der Waals surface area contributed by atoms with Crippen LogP contribution in [0.3, 0.4) is 0 Å². The number of alkyl halides is 2. The summed E-state index contributed by atoms with van der Waals surface area (Å²) in [5.74, 6) is -0.790. The van der Waals surface area contributed by atoms with E-state index in [2.05, 4.69) is 4.98 Å². The largest absolute Gasteiger partial charge is 0.367 e. The van der Waals surface area contributed by atoms with E-state index >= 15 is 0 Å². The number of hydrogen-bond donors (Lipinski definition) is 0. The van der Waals surface area contributed by atoms with Gasteiger partial charge in [-0.15, -0.1) is 0 Å². The molecule has 0 amide bonds. The molecule has 0 bridgehead atoms. The Morgan fingerprint density at radius 3 is 2.56 bits per heavy atom. The molecule has 1 aromatic heterocycles. The Labute approximate surface area is 93.2 Å². The molecule has 0 spiro atoms. The maximum atomic E-state index is 12.3. The van der Waals surface area contributed by atoms with Crippen molar-refractivity contribution in [2.24, 2.45) is 0 Å². The molecule has 8 heteroatoms. The standard InChI is InChI=1S/C8H5ClF2N2O3/c1-3-4(6(9)14)2-5(7(10)11)12-8(3)13(15)16/h2,7H,1H3. The van der Waals surface area contributed by atoms with Crippen molar-refractivity contribution < 1.29 is 18.5 Å². The smallest absolute Gasteiger partial charge is 0.358 e.